The molecule has 21 heavy (non-hydrogen) atoms. The van der Waals surface area contributed by atoms with Crippen LogP contribution in [0.3, 0.4) is 0 Å². The maximum absolute atomic E-state index is 12.8. The van der Waals surface area contributed by atoms with Gasteiger partial charge in [0.25, 0.3) is 0 Å². The molecule has 0 spiro atoms. The van der Waals surface area contributed by atoms with Crippen LogP contribution in [0, 0.1) is 0 Å². The van der Waals surface area contributed by atoms with Crippen molar-refractivity contribution >= 4 is 11.8 Å². The fourth-order valence-corrected chi connectivity index (χ4v) is 4.08. The van der Waals surface area contributed by atoms with Gasteiger partial charge in [0.2, 0.25) is 11.8 Å². The van der Waals surface area contributed by atoms with E-state index < -0.39 is 0 Å². The molecular formula is C16H27N3O2. The van der Waals surface area contributed by atoms with Crippen LogP contribution < -0.4 is 0 Å². The summed E-state index contributed by atoms with van der Waals surface area (Å²) in [6.07, 6.45) is 5.84. The van der Waals surface area contributed by atoms with Gasteiger partial charge in [0.05, 0.1) is 0 Å². The molecule has 0 aromatic carbocycles. The molecule has 2 saturated heterocycles. The van der Waals surface area contributed by atoms with E-state index in [-0.39, 0.29) is 17.9 Å². The summed E-state index contributed by atoms with van der Waals surface area (Å²) >= 11 is 0. The number of carbonyl (C=O) groups excluding carboxylic acids is 2. The summed E-state index contributed by atoms with van der Waals surface area (Å²) in [6.45, 7) is 6.78. The van der Waals surface area contributed by atoms with Crippen LogP contribution in [0.25, 0.3) is 0 Å². The molecule has 0 radical (unpaired) electrons. The molecule has 1 aliphatic carbocycles. The average molecular weight is 293 g/mol. The Morgan fingerprint density at radius 2 is 1.76 bits per heavy atom. The van der Waals surface area contributed by atoms with E-state index in [1.807, 2.05) is 9.80 Å². The van der Waals surface area contributed by atoms with E-state index in [0.717, 1.165) is 52.0 Å². The van der Waals surface area contributed by atoms with Gasteiger partial charge in [-0.15, -0.1) is 0 Å². The molecular weight excluding hydrogens is 266 g/mol. The minimum absolute atomic E-state index is 0.172. The van der Waals surface area contributed by atoms with Gasteiger partial charge in [-0.05, 0) is 25.8 Å². The molecule has 5 heteroatoms. The summed E-state index contributed by atoms with van der Waals surface area (Å²) in [5.41, 5.74) is 0. The fraction of sp³-hybridized carbons (Fsp3) is 0.875. The highest BCUT2D eigenvalue weighted by molar-refractivity contribution is 5.91. The summed E-state index contributed by atoms with van der Waals surface area (Å²) in [4.78, 5) is 31.3. The molecule has 0 N–H and O–H groups in total. The number of piperazine rings is 1. The molecule has 3 aliphatic rings. The Labute approximate surface area is 127 Å². The van der Waals surface area contributed by atoms with Gasteiger partial charge in [-0.25, -0.2) is 0 Å². The van der Waals surface area contributed by atoms with Gasteiger partial charge in [-0.2, -0.15) is 0 Å². The van der Waals surface area contributed by atoms with Gasteiger partial charge >= 0.3 is 0 Å². The van der Waals surface area contributed by atoms with Crippen LogP contribution in [0.4, 0.5) is 0 Å². The third-order valence-corrected chi connectivity index (χ3v) is 5.39. The van der Waals surface area contributed by atoms with Gasteiger partial charge in [0, 0.05) is 38.6 Å². The fourth-order valence-electron chi connectivity index (χ4n) is 4.08. The molecule has 3 rings (SSSR count). The molecule has 2 aliphatic heterocycles. The van der Waals surface area contributed by atoms with Crippen molar-refractivity contribution in [2.24, 2.45) is 0 Å². The predicted molar refractivity (Wildman–Crippen MR) is 80.8 cm³/mol. The predicted octanol–water partition coefficient (Wildman–Crippen LogP) is 1.08. The van der Waals surface area contributed by atoms with Gasteiger partial charge in [-0.3, -0.25) is 9.59 Å². The van der Waals surface area contributed by atoms with Crippen LogP contribution in [0.15, 0.2) is 0 Å². The van der Waals surface area contributed by atoms with Crippen LogP contribution in [0.2, 0.25) is 0 Å². The summed E-state index contributed by atoms with van der Waals surface area (Å²) in [5, 5.41) is 0. The third kappa shape index (κ3) is 2.93. The quantitative estimate of drug-likeness (QED) is 0.782. The molecule has 1 unspecified atom stereocenters. The van der Waals surface area contributed by atoms with E-state index in [1.165, 1.54) is 12.8 Å². The normalized spacial score (nSPS) is 28.6. The van der Waals surface area contributed by atoms with Crippen molar-refractivity contribution in [3.63, 3.8) is 0 Å². The first-order valence-corrected chi connectivity index (χ1v) is 8.53. The first-order chi connectivity index (χ1) is 10.2. The highest BCUT2D eigenvalue weighted by Crippen LogP contribution is 2.31. The molecule has 2 amide bonds. The Kier molecular flexibility index (Phi) is 4.48. The van der Waals surface area contributed by atoms with Crippen molar-refractivity contribution in [3.05, 3.63) is 0 Å². The van der Waals surface area contributed by atoms with Gasteiger partial charge in [-0.1, -0.05) is 19.8 Å². The molecule has 2 heterocycles. The SMILES string of the molecule is CCN1CCN(C(=O)C2CCC(=O)N2C2CCCC2)CC1. The molecule has 3 fully saturated rings. The Morgan fingerprint density at radius 1 is 1.10 bits per heavy atom. The smallest absolute Gasteiger partial charge is 0.245 e. The first-order valence-electron chi connectivity index (χ1n) is 8.53. The molecule has 1 saturated carbocycles. The third-order valence-electron chi connectivity index (χ3n) is 5.39. The summed E-state index contributed by atoms with van der Waals surface area (Å²) in [7, 11) is 0. The average Bonchev–Trinajstić information content (AvgIpc) is 3.15. The largest absolute Gasteiger partial charge is 0.338 e. The van der Waals surface area contributed by atoms with Gasteiger partial charge in [0.15, 0.2) is 0 Å². The lowest BCUT2D eigenvalue weighted by atomic mass is 10.1. The van der Waals surface area contributed by atoms with Gasteiger partial charge in [0.1, 0.15) is 6.04 Å². The number of hydrogen-bond donors (Lipinski definition) is 0. The van der Waals surface area contributed by atoms with Crippen molar-refractivity contribution in [1.82, 2.24) is 14.7 Å². The van der Waals surface area contributed by atoms with Gasteiger partial charge < -0.3 is 14.7 Å². The van der Waals surface area contributed by atoms with E-state index in [1.54, 1.807) is 0 Å². The molecule has 118 valence electrons. The number of likely N-dealkylation sites (tertiary alicyclic amines) is 1. The van der Waals surface area contributed by atoms with E-state index in [9.17, 15) is 9.59 Å². The molecule has 5 nitrogen and oxygen atoms in total. The van der Waals surface area contributed by atoms with E-state index in [0.29, 0.717) is 12.5 Å². The lowest BCUT2D eigenvalue weighted by Crippen LogP contribution is -2.55. The minimum atomic E-state index is -0.172. The monoisotopic (exact) mass is 293 g/mol. The number of rotatable bonds is 3. The minimum Gasteiger partial charge on any atom is -0.338 e. The first kappa shape index (κ1) is 14.8. The van der Waals surface area contributed by atoms with Crippen molar-refractivity contribution in [2.45, 2.75) is 57.5 Å². The Balaban J connectivity index is 1.64. The van der Waals surface area contributed by atoms with Crippen LogP contribution in [0.5, 0.6) is 0 Å². The number of nitrogens with zero attached hydrogens (tertiary/aromatic N) is 3. The van der Waals surface area contributed by atoms with Crippen molar-refractivity contribution < 1.29 is 9.59 Å². The summed E-state index contributed by atoms with van der Waals surface area (Å²) in [6, 6.07) is 0.152. The topological polar surface area (TPSA) is 43.9 Å². The second-order valence-electron chi connectivity index (χ2n) is 6.55. The number of amides is 2. The van der Waals surface area contributed by atoms with E-state index in [2.05, 4.69) is 11.8 Å². The van der Waals surface area contributed by atoms with Crippen molar-refractivity contribution in [2.75, 3.05) is 32.7 Å². The Bertz CT molecular complexity index is 398. The number of carbonyl (C=O) groups is 2. The summed E-state index contributed by atoms with van der Waals surface area (Å²) < 4.78 is 0. The molecule has 0 aromatic rings. The van der Waals surface area contributed by atoms with Crippen LogP contribution in [0.1, 0.15) is 45.4 Å². The Morgan fingerprint density at radius 3 is 2.38 bits per heavy atom. The van der Waals surface area contributed by atoms with E-state index in [4.69, 9.17) is 0 Å². The zero-order valence-electron chi connectivity index (χ0n) is 13.1. The zero-order chi connectivity index (χ0) is 14.8. The number of likely N-dealkylation sites (N-methyl/N-ethyl adjacent to an activating group) is 1. The zero-order valence-corrected chi connectivity index (χ0v) is 13.1. The van der Waals surface area contributed by atoms with Crippen LogP contribution in [-0.4, -0.2) is 71.3 Å². The second kappa shape index (κ2) is 6.34. The maximum atomic E-state index is 12.8. The molecule has 0 bridgehead atoms. The van der Waals surface area contributed by atoms with Crippen molar-refractivity contribution in [1.29, 1.82) is 0 Å². The Hall–Kier alpha value is -1.10. The lowest BCUT2D eigenvalue weighted by Gasteiger charge is -2.38. The standard InChI is InChI=1S/C16H27N3O2/c1-2-17-9-11-18(12-10-17)16(21)14-7-8-15(20)19(14)13-5-3-4-6-13/h13-14H,2-12H2,1H3. The summed E-state index contributed by atoms with van der Waals surface area (Å²) in [5.74, 6) is 0.399. The second-order valence-corrected chi connectivity index (χ2v) is 6.55. The molecule has 0 aromatic heterocycles. The van der Waals surface area contributed by atoms with Crippen LogP contribution in [-0.2, 0) is 9.59 Å². The van der Waals surface area contributed by atoms with E-state index >= 15 is 0 Å². The van der Waals surface area contributed by atoms with Crippen molar-refractivity contribution in [3.8, 4) is 0 Å². The lowest BCUT2D eigenvalue weighted by molar-refractivity contribution is -0.144. The van der Waals surface area contributed by atoms with Crippen LogP contribution >= 0.6 is 0 Å². The highest BCUT2D eigenvalue weighted by Gasteiger charge is 2.42. The number of hydrogen-bond acceptors (Lipinski definition) is 3. The maximum Gasteiger partial charge on any atom is 0.245 e. The highest BCUT2D eigenvalue weighted by atomic mass is 16.2. The molecule has 1 atom stereocenters.